The van der Waals surface area contributed by atoms with Crippen molar-refractivity contribution in [2.45, 2.75) is 19.2 Å². The standard InChI is InChI=1S/C6H13NOS/c1-4-9-6(7-3)5(2)8/h6-7H,4H2,1-3H3. The number of likely N-dealkylation sites (N-methyl/N-ethyl adjacent to an activating group) is 1. The van der Waals surface area contributed by atoms with Crippen LogP contribution in [-0.2, 0) is 4.79 Å². The molecule has 0 rings (SSSR count). The van der Waals surface area contributed by atoms with E-state index < -0.39 is 0 Å². The van der Waals surface area contributed by atoms with Crippen molar-refractivity contribution >= 4 is 17.5 Å². The maximum atomic E-state index is 10.7. The minimum Gasteiger partial charge on any atom is -0.302 e. The lowest BCUT2D eigenvalue weighted by molar-refractivity contribution is -0.116. The number of thioether (sulfide) groups is 1. The summed E-state index contributed by atoms with van der Waals surface area (Å²) in [5.41, 5.74) is 0. The van der Waals surface area contributed by atoms with Crippen LogP contribution in [0.2, 0.25) is 0 Å². The van der Waals surface area contributed by atoms with Crippen molar-refractivity contribution in [1.82, 2.24) is 5.32 Å². The fraction of sp³-hybridized carbons (Fsp3) is 0.833. The molecule has 0 bridgehead atoms. The van der Waals surface area contributed by atoms with Crippen molar-refractivity contribution < 1.29 is 4.79 Å². The van der Waals surface area contributed by atoms with Gasteiger partial charge in [-0.15, -0.1) is 11.8 Å². The second-order valence-corrected chi connectivity index (χ2v) is 3.12. The number of rotatable bonds is 4. The van der Waals surface area contributed by atoms with Gasteiger partial charge in [0.15, 0.2) is 5.78 Å². The molecule has 2 nitrogen and oxygen atoms in total. The summed E-state index contributed by atoms with van der Waals surface area (Å²) in [7, 11) is 1.80. The van der Waals surface area contributed by atoms with Gasteiger partial charge in [0.2, 0.25) is 0 Å². The van der Waals surface area contributed by atoms with E-state index in [4.69, 9.17) is 0 Å². The molecule has 0 aromatic heterocycles. The Balaban J connectivity index is 3.54. The third-order valence-corrected chi connectivity index (χ3v) is 2.20. The number of carbonyl (C=O) groups excluding carboxylic acids is 1. The average Bonchev–Trinajstić information content (AvgIpc) is 1.82. The number of nitrogens with one attached hydrogen (secondary N) is 1. The van der Waals surface area contributed by atoms with Gasteiger partial charge in [-0.25, -0.2) is 0 Å². The summed E-state index contributed by atoms with van der Waals surface area (Å²) in [6.45, 7) is 3.64. The van der Waals surface area contributed by atoms with Crippen LogP contribution in [0.3, 0.4) is 0 Å². The van der Waals surface area contributed by atoms with Gasteiger partial charge >= 0.3 is 0 Å². The van der Waals surface area contributed by atoms with Crippen LogP contribution in [0.5, 0.6) is 0 Å². The van der Waals surface area contributed by atoms with E-state index in [1.54, 1.807) is 25.7 Å². The van der Waals surface area contributed by atoms with Gasteiger partial charge in [0, 0.05) is 0 Å². The summed E-state index contributed by atoms with van der Waals surface area (Å²) in [5, 5.41) is 2.91. The Morgan fingerprint density at radius 1 is 1.78 bits per heavy atom. The lowest BCUT2D eigenvalue weighted by atomic mass is 10.4. The SMILES string of the molecule is CCSC(NC)C(C)=O. The first kappa shape index (κ1) is 8.98. The van der Waals surface area contributed by atoms with Crippen LogP contribution in [0, 0.1) is 0 Å². The number of Topliss-reactive ketones (excluding diaryl/α,β-unsaturated/α-hetero) is 1. The van der Waals surface area contributed by atoms with E-state index in [1.165, 1.54) is 0 Å². The molecule has 0 amide bonds. The normalized spacial score (nSPS) is 13.2. The van der Waals surface area contributed by atoms with Crippen LogP contribution in [0.1, 0.15) is 13.8 Å². The van der Waals surface area contributed by atoms with Gasteiger partial charge in [0.1, 0.15) is 5.37 Å². The monoisotopic (exact) mass is 147 g/mol. The zero-order chi connectivity index (χ0) is 7.28. The Kier molecular flexibility index (Phi) is 4.81. The van der Waals surface area contributed by atoms with E-state index in [0.717, 1.165) is 5.75 Å². The van der Waals surface area contributed by atoms with Gasteiger partial charge in [-0.3, -0.25) is 4.79 Å². The third-order valence-electron chi connectivity index (χ3n) is 0.965. The van der Waals surface area contributed by atoms with Crippen LogP contribution in [0.15, 0.2) is 0 Å². The summed E-state index contributed by atoms with van der Waals surface area (Å²) in [6.07, 6.45) is 0. The number of carbonyl (C=O) groups is 1. The number of hydrogen-bond acceptors (Lipinski definition) is 3. The van der Waals surface area contributed by atoms with Gasteiger partial charge in [-0.2, -0.15) is 0 Å². The average molecular weight is 147 g/mol. The fourth-order valence-electron chi connectivity index (χ4n) is 0.571. The quantitative estimate of drug-likeness (QED) is 0.598. The summed E-state index contributed by atoms with van der Waals surface area (Å²) >= 11 is 1.62. The molecule has 0 heterocycles. The third kappa shape index (κ3) is 3.54. The molecule has 0 aromatic rings. The molecule has 0 aliphatic heterocycles. The first-order valence-electron chi connectivity index (χ1n) is 3.01. The van der Waals surface area contributed by atoms with Crippen LogP contribution >= 0.6 is 11.8 Å². The highest BCUT2D eigenvalue weighted by atomic mass is 32.2. The maximum Gasteiger partial charge on any atom is 0.156 e. The van der Waals surface area contributed by atoms with Crippen molar-refractivity contribution in [1.29, 1.82) is 0 Å². The molecule has 0 aromatic carbocycles. The molecular formula is C6H13NOS. The topological polar surface area (TPSA) is 29.1 Å². The highest BCUT2D eigenvalue weighted by molar-refractivity contribution is 8.00. The first-order valence-corrected chi connectivity index (χ1v) is 4.06. The molecule has 0 aliphatic carbocycles. The predicted octanol–water partition coefficient (Wildman–Crippen LogP) is 0.874. The molecule has 1 N–H and O–H groups in total. The largest absolute Gasteiger partial charge is 0.302 e. The minimum absolute atomic E-state index is 0.00463. The second-order valence-electron chi connectivity index (χ2n) is 1.73. The van der Waals surface area contributed by atoms with E-state index in [-0.39, 0.29) is 11.2 Å². The van der Waals surface area contributed by atoms with Crippen molar-refractivity contribution in [2.24, 2.45) is 0 Å². The molecule has 9 heavy (non-hydrogen) atoms. The van der Waals surface area contributed by atoms with Gasteiger partial charge in [0.05, 0.1) is 0 Å². The molecule has 1 unspecified atom stereocenters. The minimum atomic E-state index is -0.00463. The summed E-state index contributed by atoms with van der Waals surface area (Å²) < 4.78 is 0. The fourth-order valence-corrected chi connectivity index (χ4v) is 1.31. The van der Waals surface area contributed by atoms with Crippen LogP contribution in [0.25, 0.3) is 0 Å². The first-order chi connectivity index (χ1) is 4.22. The molecule has 3 heteroatoms. The Labute approximate surface area is 60.4 Å². The van der Waals surface area contributed by atoms with Crippen LogP contribution in [0.4, 0.5) is 0 Å². The van der Waals surface area contributed by atoms with Gasteiger partial charge in [0.25, 0.3) is 0 Å². The zero-order valence-electron chi connectivity index (χ0n) is 6.10. The molecule has 0 saturated heterocycles. The lowest BCUT2D eigenvalue weighted by Gasteiger charge is -2.09. The van der Waals surface area contributed by atoms with Crippen molar-refractivity contribution in [3.63, 3.8) is 0 Å². The Bertz CT molecular complexity index is 95.1. The van der Waals surface area contributed by atoms with E-state index in [1.807, 2.05) is 6.92 Å². The van der Waals surface area contributed by atoms with Crippen molar-refractivity contribution in [3.05, 3.63) is 0 Å². The Morgan fingerprint density at radius 3 is 2.44 bits per heavy atom. The molecule has 54 valence electrons. The highest BCUT2D eigenvalue weighted by Crippen LogP contribution is 2.06. The molecule has 0 spiro atoms. The van der Waals surface area contributed by atoms with Crippen LogP contribution < -0.4 is 5.32 Å². The summed E-state index contributed by atoms with van der Waals surface area (Å²) in [5.74, 6) is 1.18. The van der Waals surface area contributed by atoms with Gasteiger partial charge < -0.3 is 5.32 Å². The molecule has 0 fully saturated rings. The smallest absolute Gasteiger partial charge is 0.156 e. The molecule has 0 aliphatic rings. The van der Waals surface area contributed by atoms with Gasteiger partial charge in [-0.05, 0) is 19.7 Å². The molecule has 0 radical (unpaired) electrons. The second kappa shape index (κ2) is 4.82. The van der Waals surface area contributed by atoms with E-state index in [9.17, 15) is 4.79 Å². The lowest BCUT2D eigenvalue weighted by Crippen LogP contribution is -2.28. The van der Waals surface area contributed by atoms with Gasteiger partial charge in [-0.1, -0.05) is 6.92 Å². The molecular weight excluding hydrogens is 134 g/mol. The Morgan fingerprint density at radius 2 is 2.33 bits per heavy atom. The van der Waals surface area contributed by atoms with E-state index >= 15 is 0 Å². The van der Waals surface area contributed by atoms with Crippen molar-refractivity contribution in [3.8, 4) is 0 Å². The number of ketones is 1. The number of hydrogen-bond donors (Lipinski definition) is 1. The highest BCUT2D eigenvalue weighted by Gasteiger charge is 2.08. The van der Waals surface area contributed by atoms with Crippen molar-refractivity contribution in [2.75, 3.05) is 12.8 Å². The zero-order valence-corrected chi connectivity index (χ0v) is 6.92. The molecule has 0 saturated carbocycles. The van der Waals surface area contributed by atoms with Crippen LogP contribution in [-0.4, -0.2) is 24.0 Å². The molecule has 1 atom stereocenters. The predicted molar refractivity (Wildman–Crippen MR) is 41.7 cm³/mol. The Hall–Kier alpha value is -0.0200. The van der Waals surface area contributed by atoms with E-state index in [0.29, 0.717) is 0 Å². The maximum absolute atomic E-state index is 10.7. The van der Waals surface area contributed by atoms with E-state index in [2.05, 4.69) is 5.32 Å². The summed E-state index contributed by atoms with van der Waals surface area (Å²) in [6, 6.07) is 0. The summed E-state index contributed by atoms with van der Waals surface area (Å²) in [4.78, 5) is 10.7.